The summed E-state index contributed by atoms with van der Waals surface area (Å²) >= 11 is 0. The minimum atomic E-state index is 0.314. The van der Waals surface area contributed by atoms with E-state index in [-0.39, 0.29) is 0 Å². The topological polar surface area (TPSA) is 26.3 Å². The van der Waals surface area contributed by atoms with Crippen molar-refractivity contribution < 1.29 is 9.53 Å². The molecule has 1 heterocycles. The van der Waals surface area contributed by atoms with Crippen molar-refractivity contribution in [1.29, 1.82) is 0 Å². The van der Waals surface area contributed by atoms with Crippen LogP contribution in [0.5, 0.6) is 0 Å². The SMILES string of the molecule is CC1CC(=O)C2C(C)COCC12. The van der Waals surface area contributed by atoms with Crippen LogP contribution in [0.25, 0.3) is 0 Å². The van der Waals surface area contributed by atoms with Crippen LogP contribution in [-0.4, -0.2) is 19.0 Å². The van der Waals surface area contributed by atoms with Crippen LogP contribution >= 0.6 is 0 Å². The van der Waals surface area contributed by atoms with E-state index in [4.69, 9.17) is 4.74 Å². The van der Waals surface area contributed by atoms with E-state index in [1.165, 1.54) is 0 Å². The Kier molecular flexibility index (Phi) is 1.95. The molecule has 1 aliphatic heterocycles. The molecule has 2 rings (SSSR count). The average molecular weight is 168 g/mol. The zero-order valence-corrected chi connectivity index (χ0v) is 7.75. The van der Waals surface area contributed by atoms with Gasteiger partial charge in [0.1, 0.15) is 5.78 Å². The monoisotopic (exact) mass is 168 g/mol. The number of carbonyl (C=O) groups excluding carboxylic acids is 1. The van der Waals surface area contributed by atoms with Gasteiger partial charge in [-0.2, -0.15) is 0 Å². The van der Waals surface area contributed by atoms with Crippen molar-refractivity contribution in [2.24, 2.45) is 23.7 Å². The van der Waals surface area contributed by atoms with Crippen molar-refractivity contribution in [2.45, 2.75) is 20.3 Å². The largest absolute Gasteiger partial charge is 0.381 e. The highest BCUT2D eigenvalue weighted by Gasteiger charge is 2.45. The zero-order chi connectivity index (χ0) is 8.72. The number of ketones is 1. The number of rotatable bonds is 0. The quantitative estimate of drug-likeness (QED) is 0.548. The highest BCUT2D eigenvalue weighted by Crippen LogP contribution is 2.41. The Morgan fingerprint density at radius 1 is 1.25 bits per heavy atom. The predicted molar refractivity (Wildman–Crippen MR) is 45.8 cm³/mol. The summed E-state index contributed by atoms with van der Waals surface area (Å²) in [4.78, 5) is 11.6. The third kappa shape index (κ3) is 1.09. The van der Waals surface area contributed by atoms with Crippen LogP contribution < -0.4 is 0 Å². The Morgan fingerprint density at radius 3 is 2.67 bits per heavy atom. The highest BCUT2D eigenvalue weighted by molar-refractivity contribution is 5.84. The lowest BCUT2D eigenvalue weighted by molar-refractivity contribution is -0.126. The number of Topliss-reactive ketones (excluding diaryl/α,β-unsaturated/α-hetero) is 1. The first-order valence-corrected chi connectivity index (χ1v) is 4.80. The van der Waals surface area contributed by atoms with Crippen LogP contribution in [0.4, 0.5) is 0 Å². The molecule has 2 heteroatoms. The van der Waals surface area contributed by atoms with E-state index in [1.54, 1.807) is 0 Å². The maximum absolute atomic E-state index is 11.6. The number of hydrogen-bond donors (Lipinski definition) is 0. The molecule has 0 bridgehead atoms. The van der Waals surface area contributed by atoms with Gasteiger partial charge in [-0.05, 0) is 17.8 Å². The molecule has 4 atom stereocenters. The molecular weight excluding hydrogens is 152 g/mol. The van der Waals surface area contributed by atoms with E-state index >= 15 is 0 Å². The van der Waals surface area contributed by atoms with Gasteiger partial charge in [-0.15, -0.1) is 0 Å². The molecule has 0 aromatic rings. The first-order valence-electron chi connectivity index (χ1n) is 4.80. The molecule has 0 aromatic heterocycles. The van der Waals surface area contributed by atoms with Gasteiger partial charge < -0.3 is 4.74 Å². The summed E-state index contributed by atoms with van der Waals surface area (Å²) in [5.41, 5.74) is 0. The van der Waals surface area contributed by atoms with Crippen LogP contribution in [0.2, 0.25) is 0 Å². The Morgan fingerprint density at radius 2 is 2.00 bits per heavy atom. The Hall–Kier alpha value is -0.370. The van der Waals surface area contributed by atoms with Gasteiger partial charge >= 0.3 is 0 Å². The third-order valence-corrected chi connectivity index (χ3v) is 3.39. The molecule has 12 heavy (non-hydrogen) atoms. The third-order valence-electron chi connectivity index (χ3n) is 3.39. The van der Waals surface area contributed by atoms with Gasteiger partial charge in [-0.3, -0.25) is 4.79 Å². The molecule has 2 fully saturated rings. The maximum atomic E-state index is 11.6. The zero-order valence-electron chi connectivity index (χ0n) is 7.75. The molecule has 4 unspecified atom stereocenters. The summed E-state index contributed by atoms with van der Waals surface area (Å²) in [5, 5.41) is 0. The van der Waals surface area contributed by atoms with Crippen LogP contribution in [0.15, 0.2) is 0 Å². The van der Waals surface area contributed by atoms with Crippen molar-refractivity contribution in [1.82, 2.24) is 0 Å². The second-order valence-electron chi connectivity index (χ2n) is 4.35. The van der Waals surface area contributed by atoms with Crippen molar-refractivity contribution in [2.75, 3.05) is 13.2 Å². The number of ether oxygens (including phenoxy) is 1. The smallest absolute Gasteiger partial charge is 0.136 e. The van der Waals surface area contributed by atoms with Crippen LogP contribution in [0.3, 0.4) is 0 Å². The van der Waals surface area contributed by atoms with E-state index in [1.807, 2.05) is 0 Å². The van der Waals surface area contributed by atoms with Gasteiger partial charge in [0, 0.05) is 18.9 Å². The summed E-state index contributed by atoms with van der Waals surface area (Å²) in [6.45, 7) is 5.89. The van der Waals surface area contributed by atoms with Gasteiger partial charge in [-0.1, -0.05) is 13.8 Å². The van der Waals surface area contributed by atoms with Crippen molar-refractivity contribution in [3.8, 4) is 0 Å². The molecule has 1 aliphatic carbocycles. The number of carbonyl (C=O) groups is 1. The fraction of sp³-hybridized carbons (Fsp3) is 0.900. The fourth-order valence-corrected chi connectivity index (χ4v) is 2.70. The lowest BCUT2D eigenvalue weighted by Crippen LogP contribution is -2.35. The Labute approximate surface area is 73.3 Å². The van der Waals surface area contributed by atoms with Gasteiger partial charge in [-0.25, -0.2) is 0 Å². The number of fused-ring (bicyclic) bond motifs is 1. The maximum Gasteiger partial charge on any atom is 0.136 e. The fourth-order valence-electron chi connectivity index (χ4n) is 2.70. The van der Waals surface area contributed by atoms with E-state index in [2.05, 4.69) is 13.8 Å². The van der Waals surface area contributed by atoms with E-state index < -0.39 is 0 Å². The van der Waals surface area contributed by atoms with Crippen LogP contribution in [0, 0.1) is 23.7 Å². The lowest BCUT2D eigenvalue weighted by Gasteiger charge is -2.31. The molecular formula is C10H16O2. The van der Waals surface area contributed by atoms with Gasteiger partial charge in [0.15, 0.2) is 0 Å². The highest BCUT2D eigenvalue weighted by atomic mass is 16.5. The molecule has 1 saturated carbocycles. The standard InChI is InChI=1S/C10H16O2/c1-6-3-9(11)10-7(2)4-12-5-8(6)10/h6-8,10H,3-5H2,1-2H3. The normalized spacial score (nSPS) is 47.7. The molecule has 0 radical (unpaired) electrons. The number of hydrogen-bond acceptors (Lipinski definition) is 2. The summed E-state index contributed by atoms with van der Waals surface area (Å²) < 4.78 is 5.46. The van der Waals surface area contributed by atoms with Crippen LogP contribution in [-0.2, 0) is 9.53 Å². The van der Waals surface area contributed by atoms with Gasteiger partial charge in [0.25, 0.3) is 0 Å². The summed E-state index contributed by atoms with van der Waals surface area (Å²) in [6.07, 6.45) is 0.781. The first kappa shape index (κ1) is 8.24. The molecule has 2 aliphatic rings. The molecule has 1 saturated heterocycles. The van der Waals surface area contributed by atoms with Crippen LogP contribution in [0.1, 0.15) is 20.3 Å². The molecule has 0 amide bonds. The summed E-state index contributed by atoms with van der Waals surface area (Å²) in [6, 6.07) is 0. The van der Waals surface area contributed by atoms with Gasteiger partial charge in [0.2, 0.25) is 0 Å². The molecule has 2 nitrogen and oxygen atoms in total. The summed E-state index contributed by atoms with van der Waals surface area (Å²) in [5.74, 6) is 2.30. The van der Waals surface area contributed by atoms with Crippen molar-refractivity contribution >= 4 is 5.78 Å². The van der Waals surface area contributed by atoms with Crippen molar-refractivity contribution in [3.63, 3.8) is 0 Å². The second-order valence-corrected chi connectivity index (χ2v) is 4.35. The lowest BCUT2D eigenvalue weighted by atomic mass is 9.81. The Balaban J connectivity index is 2.19. The van der Waals surface area contributed by atoms with E-state index in [0.717, 1.165) is 19.6 Å². The van der Waals surface area contributed by atoms with Gasteiger partial charge in [0.05, 0.1) is 6.61 Å². The predicted octanol–water partition coefficient (Wildman–Crippen LogP) is 1.49. The molecule has 0 spiro atoms. The molecule has 68 valence electrons. The first-order chi connectivity index (χ1) is 5.70. The molecule has 0 N–H and O–H groups in total. The minimum Gasteiger partial charge on any atom is -0.381 e. The average Bonchev–Trinajstić information content (AvgIpc) is 2.29. The Bertz CT molecular complexity index is 200. The second kappa shape index (κ2) is 2.84. The van der Waals surface area contributed by atoms with E-state index in [0.29, 0.717) is 29.5 Å². The van der Waals surface area contributed by atoms with Crippen molar-refractivity contribution in [3.05, 3.63) is 0 Å². The summed E-state index contributed by atoms with van der Waals surface area (Å²) in [7, 11) is 0. The minimum absolute atomic E-state index is 0.314. The molecule has 0 aromatic carbocycles. The van der Waals surface area contributed by atoms with E-state index in [9.17, 15) is 4.79 Å².